The number of hydrogen-bond donors (Lipinski definition) is 0. The first-order chi connectivity index (χ1) is 7.27. The van der Waals surface area contributed by atoms with E-state index in [0.717, 1.165) is 24.3 Å². The van der Waals surface area contributed by atoms with Gasteiger partial charge in [-0.1, -0.05) is 12.1 Å². The van der Waals surface area contributed by atoms with Crippen LogP contribution in [0.3, 0.4) is 0 Å². The average Bonchev–Trinajstić information content (AvgIpc) is 2.57. The smallest absolute Gasteiger partial charge is 0.142 e. The van der Waals surface area contributed by atoms with Crippen LogP contribution < -0.4 is 9.64 Å². The third-order valence-corrected chi connectivity index (χ3v) is 2.95. The van der Waals surface area contributed by atoms with Gasteiger partial charge >= 0.3 is 0 Å². The second-order valence-corrected chi connectivity index (χ2v) is 3.88. The Kier molecular flexibility index (Phi) is 2.62. The standard InChI is InChI=1S/C12H15NO2/c1-13-8-9(6-7-14)10-4-3-5-11(15-2)12(10)13/h3-5,7,9H,6,8H2,1-2H3. The van der Waals surface area contributed by atoms with E-state index in [1.165, 1.54) is 5.56 Å². The third kappa shape index (κ3) is 1.58. The number of nitrogens with zero attached hydrogens (tertiary/aromatic N) is 1. The highest BCUT2D eigenvalue weighted by atomic mass is 16.5. The second-order valence-electron chi connectivity index (χ2n) is 3.88. The van der Waals surface area contributed by atoms with Crippen LogP contribution in [0.2, 0.25) is 0 Å². The van der Waals surface area contributed by atoms with E-state index in [1.807, 2.05) is 19.2 Å². The first kappa shape index (κ1) is 10.0. The Bertz CT molecular complexity index is 376. The summed E-state index contributed by atoms with van der Waals surface area (Å²) in [6.45, 7) is 0.897. The molecule has 0 fully saturated rings. The summed E-state index contributed by atoms with van der Waals surface area (Å²) in [5, 5.41) is 0. The number of hydrogen-bond acceptors (Lipinski definition) is 3. The van der Waals surface area contributed by atoms with Gasteiger partial charge in [-0.2, -0.15) is 0 Å². The predicted octanol–water partition coefficient (Wildman–Crippen LogP) is 1.82. The molecule has 0 saturated heterocycles. The van der Waals surface area contributed by atoms with Gasteiger partial charge < -0.3 is 14.4 Å². The molecule has 1 aliphatic rings. The quantitative estimate of drug-likeness (QED) is 0.705. The highest BCUT2D eigenvalue weighted by Crippen LogP contribution is 2.42. The molecule has 1 atom stereocenters. The molecular formula is C12H15NO2. The van der Waals surface area contributed by atoms with Crippen LogP contribution >= 0.6 is 0 Å². The minimum absolute atomic E-state index is 0.317. The Hall–Kier alpha value is -1.51. The van der Waals surface area contributed by atoms with Gasteiger partial charge in [-0.15, -0.1) is 0 Å². The van der Waals surface area contributed by atoms with Crippen molar-refractivity contribution in [2.75, 3.05) is 25.6 Å². The largest absolute Gasteiger partial charge is 0.495 e. The lowest BCUT2D eigenvalue weighted by Crippen LogP contribution is -2.15. The van der Waals surface area contributed by atoms with Crippen LogP contribution in [-0.2, 0) is 4.79 Å². The van der Waals surface area contributed by atoms with Crippen LogP contribution in [0.25, 0.3) is 0 Å². The normalized spacial score (nSPS) is 18.8. The van der Waals surface area contributed by atoms with Crippen molar-refractivity contribution in [3.8, 4) is 5.75 Å². The van der Waals surface area contributed by atoms with Gasteiger partial charge in [0.1, 0.15) is 12.0 Å². The Balaban J connectivity index is 2.43. The molecule has 3 nitrogen and oxygen atoms in total. The average molecular weight is 205 g/mol. The zero-order valence-electron chi connectivity index (χ0n) is 9.06. The first-order valence-corrected chi connectivity index (χ1v) is 5.09. The Morgan fingerprint density at radius 3 is 3.07 bits per heavy atom. The number of carbonyl (C=O) groups excluding carboxylic acids is 1. The van der Waals surface area contributed by atoms with Crippen molar-refractivity contribution in [2.24, 2.45) is 0 Å². The lowest BCUT2D eigenvalue weighted by molar-refractivity contribution is -0.108. The number of aldehydes is 1. The molecule has 0 N–H and O–H groups in total. The summed E-state index contributed by atoms with van der Waals surface area (Å²) in [5.74, 6) is 1.21. The highest BCUT2D eigenvalue weighted by molar-refractivity contribution is 5.70. The Morgan fingerprint density at radius 2 is 2.40 bits per heavy atom. The molecule has 0 bridgehead atoms. The molecule has 0 aliphatic carbocycles. The van der Waals surface area contributed by atoms with Crippen LogP contribution in [0.1, 0.15) is 17.9 Å². The summed E-state index contributed by atoms with van der Waals surface area (Å²) in [6, 6.07) is 6.02. The van der Waals surface area contributed by atoms with Crippen LogP contribution in [0.4, 0.5) is 5.69 Å². The van der Waals surface area contributed by atoms with Crippen LogP contribution in [-0.4, -0.2) is 27.0 Å². The van der Waals surface area contributed by atoms with Gasteiger partial charge in [0, 0.05) is 25.9 Å². The molecule has 3 heteroatoms. The third-order valence-electron chi connectivity index (χ3n) is 2.95. The number of fused-ring (bicyclic) bond motifs is 1. The van der Waals surface area contributed by atoms with Crippen LogP contribution in [0.15, 0.2) is 18.2 Å². The van der Waals surface area contributed by atoms with Crippen molar-refractivity contribution < 1.29 is 9.53 Å². The van der Waals surface area contributed by atoms with Gasteiger partial charge in [0.25, 0.3) is 0 Å². The van der Waals surface area contributed by atoms with E-state index >= 15 is 0 Å². The summed E-state index contributed by atoms with van der Waals surface area (Å²) in [6.07, 6.45) is 1.58. The summed E-state index contributed by atoms with van der Waals surface area (Å²) in [5.41, 5.74) is 2.36. The van der Waals surface area contributed by atoms with Crippen LogP contribution in [0, 0.1) is 0 Å². The van der Waals surface area contributed by atoms with E-state index in [2.05, 4.69) is 11.0 Å². The van der Waals surface area contributed by atoms with Crippen molar-refractivity contribution in [3.63, 3.8) is 0 Å². The molecule has 1 aromatic carbocycles. The predicted molar refractivity (Wildman–Crippen MR) is 59.7 cm³/mol. The van der Waals surface area contributed by atoms with Crippen molar-refractivity contribution >= 4 is 12.0 Å². The van der Waals surface area contributed by atoms with Gasteiger partial charge in [0.15, 0.2) is 0 Å². The lowest BCUT2D eigenvalue weighted by atomic mass is 9.98. The molecule has 0 spiro atoms. The van der Waals surface area contributed by atoms with Gasteiger partial charge in [-0.05, 0) is 11.6 Å². The summed E-state index contributed by atoms with van der Waals surface area (Å²) < 4.78 is 5.32. The van der Waals surface area contributed by atoms with Gasteiger partial charge in [-0.3, -0.25) is 0 Å². The maximum Gasteiger partial charge on any atom is 0.142 e. The highest BCUT2D eigenvalue weighted by Gasteiger charge is 2.28. The molecule has 2 rings (SSSR count). The Morgan fingerprint density at radius 1 is 1.60 bits per heavy atom. The van der Waals surface area contributed by atoms with Gasteiger partial charge in [0.05, 0.1) is 12.8 Å². The van der Waals surface area contributed by atoms with Crippen molar-refractivity contribution in [2.45, 2.75) is 12.3 Å². The number of benzene rings is 1. The molecule has 15 heavy (non-hydrogen) atoms. The maximum absolute atomic E-state index is 10.6. The van der Waals surface area contributed by atoms with E-state index < -0.39 is 0 Å². The fourth-order valence-electron chi connectivity index (χ4n) is 2.28. The topological polar surface area (TPSA) is 29.5 Å². The number of ether oxygens (including phenoxy) is 1. The second kappa shape index (κ2) is 3.93. The van der Waals surface area contributed by atoms with E-state index in [-0.39, 0.29) is 0 Å². The fourth-order valence-corrected chi connectivity index (χ4v) is 2.28. The molecule has 0 amide bonds. The van der Waals surface area contributed by atoms with Crippen molar-refractivity contribution in [1.29, 1.82) is 0 Å². The fraction of sp³-hybridized carbons (Fsp3) is 0.417. The van der Waals surface area contributed by atoms with Crippen LogP contribution in [0.5, 0.6) is 5.75 Å². The number of para-hydroxylation sites is 1. The first-order valence-electron chi connectivity index (χ1n) is 5.09. The van der Waals surface area contributed by atoms with Crippen molar-refractivity contribution in [3.05, 3.63) is 23.8 Å². The molecule has 0 saturated carbocycles. The summed E-state index contributed by atoms with van der Waals surface area (Å²) in [7, 11) is 3.71. The Labute approximate surface area is 89.7 Å². The molecule has 80 valence electrons. The van der Waals surface area contributed by atoms with E-state index in [9.17, 15) is 4.79 Å². The zero-order valence-corrected chi connectivity index (χ0v) is 9.06. The lowest BCUT2D eigenvalue weighted by Gasteiger charge is -2.15. The number of methoxy groups -OCH3 is 1. The molecule has 0 aromatic heterocycles. The molecule has 0 radical (unpaired) electrons. The maximum atomic E-state index is 10.6. The SMILES string of the molecule is COc1cccc2c1N(C)CC2CC=O. The summed E-state index contributed by atoms with van der Waals surface area (Å²) >= 11 is 0. The van der Waals surface area contributed by atoms with E-state index in [0.29, 0.717) is 12.3 Å². The molecule has 1 unspecified atom stereocenters. The van der Waals surface area contributed by atoms with Gasteiger partial charge in [-0.25, -0.2) is 0 Å². The molecule has 1 heterocycles. The molecule has 1 aromatic rings. The molecular weight excluding hydrogens is 190 g/mol. The monoisotopic (exact) mass is 205 g/mol. The zero-order chi connectivity index (χ0) is 10.8. The number of anilines is 1. The number of rotatable bonds is 3. The molecule has 1 aliphatic heterocycles. The number of likely N-dealkylation sites (N-methyl/N-ethyl adjacent to an activating group) is 1. The van der Waals surface area contributed by atoms with E-state index in [1.54, 1.807) is 7.11 Å². The minimum atomic E-state index is 0.317. The summed E-state index contributed by atoms with van der Waals surface area (Å²) in [4.78, 5) is 12.7. The van der Waals surface area contributed by atoms with E-state index in [4.69, 9.17) is 4.74 Å². The van der Waals surface area contributed by atoms with Crippen molar-refractivity contribution in [1.82, 2.24) is 0 Å². The van der Waals surface area contributed by atoms with Gasteiger partial charge in [0.2, 0.25) is 0 Å². The minimum Gasteiger partial charge on any atom is -0.495 e. The number of carbonyl (C=O) groups is 1.